The molecule has 0 spiro atoms. The number of hydrogen-bond acceptors (Lipinski definition) is 3. The monoisotopic (exact) mass is 470 g/mol. The van der Waals surface area contributed by atoms with Gasteiger partial charge in [0.1, 0.15) is 6.04 Å². The first-order valence-corrected chi connectivity index (χ1v) is 11.7. The SMILES string of the molecule is CC(C)CC(=O)NC(C(=O)N1CCCN(C(=O)Nc2ccc(Cl)cc2)CC1)c1ccccc1. The smallest absolute Gasteiger partial charge is 0.321 e. The molecule has 4 amide bonds. The molecule has 33 heavy (non-hydrogen) atoms. The van der Waals surface area contributed by atoms with Gasteiger partial charge >= 0.3 is 6.03 Å². The highest BCUT2D eigenvalue weighted by Gasteiger charge is 2.29. The summed E-state index contributed by atoms with van der Waals surface area (Å²) in [5.74, 6) is -0.105. The van der Waals surface area contributed by atoms with E-state index in [9.17, 15) is 14.4 Å². The quantitative estimate of drug-likeness (QED) is 0.660. The Bertz CT molecular complexity index is 950. The van der Waals surface area contributed by atoms with Crippen LogP contribution in [0.25, 0.3) is 0 Å². The van der Waals surface area contributed by atoms with Crippen molar-refractivity contribution < 1.29 is 14.4 Å². The minimum atomic E-state index is -0.744. The largest absolute Gasteiger partial charge is 0.341 e. The summed E-state index contributed by atoms with van der Waals surface area (Å²) < 4.78 is 0. The van der Waals surface area contributed by atoms with E-state index in [0.717, 1.165) is 5.56 Å². The van der Waals surface area contributed by atoms with Crippen LogP contribution in [0, 0.1) is 5.92 Å². The van der Waals surface area contributed by atoms with Crippen molar-refractivity contribution >= 4 is 35.1 Å². The van der Waals surface area contributed by atoms with Gasteiger partial charge in [-0.05, 0) is 42.2 Å². The van der Waals surface area contributed by atoms with Gasteiger partial charge in [0, 0.05) is 43.3 Å². The summed E-state index contributed by atoms with van der Waals surface area (Å²) >= 11 is 5.90. The summed E-state index contributed by atoms with van der Waals surface area (Å²) in [6.07, 6.45) is 1.01. The molecule has 8 heteroatoms. The number of anilines is 1. The summed E-state index contributed by atoms with van der Waals surface area (Å²) in [7, 11) is 0. The van der Waals surface area contributed by atoms with Crippen LogP contribution in [0.1, 0.15) is 38.3 Å². The fourth-order valence-corrected chi connectivity index (χ4v) is 3.91. The molecular weight excluding hydrogens is 440 g/mol. The Hall–Kier alpha value is -3.06. The Morgan fingerprint density at radius 2 is 1.55 bits per heavy atom. The summed E-state index contributed by atoms with van der Waals surface area (Å²) in [5, 5.41) is 6.39. The van der Waals surface area contributed by atoms with Crippen LogP contribution >= 0.6 is 11.6 Å². The minimum Gasteiger partial charge on any atom is -0.341 e. The van der Waals surface area contributed by atoms with E-state index in [1.165, 1.54) is 0 Å². The Labute approximate surface area is 200 Å². The Morgan fingerprint density at radius 3 is 2.21 bits per heavy atom. The summed E-state index contributed by atoms with van der Waals surface area (Å²) in [4.78, 5) is 42.1. The molecule has 0 aromatic heterocycles. The molecule has 0 saturated carbocycles. The van der Waals surface area contributed by atoms with Crippen LogP contribution in [-0.2, 0) is 9.59 Å². The lowest BCUT2D eigenvalue weighted by atomic mass is 10.0. The maximum atomic E-state index is 13.5. The second-order valence-corrected chi connectivity index (χ2v) is 9.05. The summed E-state index contributed by atoms with van der Waals surface area (Å²) in [6.45, 7) is 5.81. The van der Waals surface area contributed by atoms with Crippen molar-refractivity contribution in [3.63, 3.8) is 0 Å². The highest BCUT2D eigenvalue weighted by molar-refractivity contribution is 6.30. The first-order valence-electron chi connectivity index (χ1n) is 11.3. The van der Waals surface area contributed by atoms with E-state index in [1.54, 1.807) is 34.1 Å². The van der Waals surface area contributed by atoms with Gasteiger partial charge in [0.25, 0.3) is 0 Å². The Balaban J connectivity index is 1.65. The number of carbonyl (C=O) groups excluding carboxylic acids is 3. The van der Waals surface area contributed by atoms with Crippen LogP contribution in [0.15, 0.2) is 54.6 Å². The number of urea groups is 1. The third-order valence-corrected chi connectivity index (χ3v) is 5.72. The van der Waals surface area contributed by atoms with Gasteiger partial charge in [-0.1, -0.05) is 55.8 Å². The number of amides is 4. The molecule has 176 valence electrons. The predicted octanol–water partition coefficient (Wildman–Crippen LogP) is 4.31. The van der Waals surface area contributed by atoms with Gasteiger partial charge in [-0.2, -0.15) is 0 Å². The fourth-order valence-electron chi connectivity index (χ4n) is 3.78. The standard InChI is InChI=1S/C25H31ClN4O3/c1-18(2)17-22(31)28-23(19-7-4-3-5-8-19)24(32)29-13-6-14-30(16-15-29)25(33)27-21-11-9-20(26)10-12-21/h3-5,7-12,18,23H,6,13-17H2,1-2H3,(H,27,33)(H,28,31). The molecule has 0 radical (unpaired) electrons. The van der Waals surface area contributed by atoms with Crippen molar-refractivity contribution in [2.75, 3.05) is 31.5 Å². The van der Waals surface area contributed by atoms with Crippen LogP contribution in [0.4, 0.5) is 10.5 Å². The Kier molecular flexibility index (Phi) is 8.72. The molecule has 1 heterocycles. The highest BCUT2D eigenvalue weighted by Crippen LogP contribution is 2.19. The van der Waals surface area contributed by atoms with Crippen LogP contribution in [0.3, 0.4) is 0 Å². The molecule has 1 aliphatic heterocycles. The second kappa shape index (κ2) is 11.7. The molecule has 0 aliphatic carbocycles. The highest BCUT2D eigenvalue weighted by atomic mass is 35.5. The van der Waals surface area contributed by atoms with Crippen LogP contribution in [0.2, 0.25) is 5.02 Å². The number of hydrogen-bond donors (Lipinski definition) is 2. The van der Waals surface area contributed by atoms with E-state index in [-0.39, 0.29) is 23.8 Å². The van der Waals surface area contributed by atoms with Gasteiger partial charge in [0.05, 0.1) is 0 Å². The molecule has 3 rings (SSSR count). The molecule has 1 unspecified atom stereocenters. The Morgan fingerprint density at radius 1 is 0.909 bits per heavy atom. The van der Waals surface area contributed by atoms with E-state index in [2.05, 4.69) is 10.6 Å². The molecule has 2 aromatic carbocycles. The summed E-state index contributed by atoms with van der Waals surface area (Å²) in [6, 6.07) is 15.3. The topological polar surface area (TPSA) is 81.8 Å². The van der Waals surface area contributed by atoms with E-state index in [4.69, 9.17) is 11.6 Å². The van der Waals surface area contributed by atoms with Gasteiger partial charge in [0.15, 0.2) is 0 Å². The summed E-state index contributed by atoms with van der Waals surface area (Å²) in [5.41, 5.74) is 1.42. The van der Waals surface area contributed by atoms with Crippen LogP contribution in [-0.4, -0.2) is 53.8 Å². The molecular formula is C25H31ClN4O3. The normalized spacial score (nSPS) is 15.0. The number of carbonyl (C=O) groups is 3. The zero-order valence-corrected chi connectivity index (χ0v) is 19.8. The van der Waals surface area contributed by atoms with Crippen molar-refractivity contribution in [1.82, 2.24) is 15.1 Å². The molecule has 1 aliphatic rings. The molecule has 1 saturated heterocycles. The van der Waals surface area contributed by atoms with Gasteiger partial charge in [-0.3, -0.25) is 9.59 Å². The van der Waals surface area contributed by atoms with E-state index in [1.807, 2.05) is 44.2 Å². The number of benzene rings is 2. The lowest BCUT2D eigenvalue weighted by molar-refractivity contribution is -0.136. The minimum absolute atomic E-state index is 0.147. The van der Waals surface area contributed by atoms with Crippen LogP contribution < -0.4 is 10.6 Å². The van der Waals surface area contributed by atoms with E-state index < -0.39 is 6.04 Å². The second-order valence-electron chi connectivity index (χ2n) is 8.61. The fraction of sp³-hybridized carbons (Fsp3) is 0.400. The lowest BCUT2D eigenvalue weighted by Gasteiger charge is -2.27. The first-order chi connectivity index (χ1) is 15.8. The number of rotatable bonds is 6. The lowest BCUT2D eigenvalue weighted by Crippen LogP contribution is -2.45. The molecule has 1 atom stereocenters. The third kappa shape index (κ3) is 7.22. The van der Waals surface area contributed by atoms with Crippen molar-refractivity contribution in [3.8, 4) is 0 Å². The first kappa shape index (κ1) is 24.6. The van der Waals surface area contributed by atoms with Crippen molar-refractivity contribution in [2.24, 2.45) is 5.92 Å². The van der Waals surface area contributed by atoms with Crippen molar-refractivity contribution in [1.29, 1.82) is 0 Å². The molecule has 2 aromatic rings. The van der Waals surface area contributed by atoms with Gasteiger partial charge in [-0.15, -0.1) is 0 Å². The maximum Gasteiger partial charge on any atom is 0.321 e. The van der Waals surface area contributed by atoms with Gasteiger partial charge in [0.2, 0.25) is 11.8 Å². The zero-order chi connectivity index (χ0) is 23.8. The predicted molar refractivity (Wildman–Crippen MR) is 130 cm³/mol. The van der Waals surface area contributed by atoms with E-state index in [0.29, 0.717) is 49.7 Å². The molecule has 7 nitrogen and oxygen atoms in total. The van der Waals surface area contributed by atoms with Gasteiger partial charge < -0.3 is 20.4 Å². The zero-order valence-electron chi connectivity index (χ0n) is 19.1. The average Bonchev–Trinajstić information content (AvgIpc) is 3.05. The van der Waals surface area contributed by atoms with Gasteiger partial charge in [-0.25, -0.2) is 4.79 Å². The van der Waals surface area contributed by atoms with Crippen LogP contribution in [0.5, 0.6) is 0 Å². The average molecular weight is 471 g/mol. The van der Waals surface area contributed by atoms with Crippen molar-refractivity contribution in [2.45, 2.75) is 32.7 Å². The molecule has 2 N–H and O–H groups in total. The van der Waals surface area contributed by atoms with E-state index >= 15 is 0 Å². The van der Waals surface area contributed by atoms with Crippen molar-refractivity contribution in [3.05, 3.63) is 65.2 Å². The number of halogens is 1. The number of nitrogens with one attached hydrogen (secondary N) is 2. The third-order valence-electron chi connectivity index (χ3n) is 5.47. The molecule has 1 fully saturated rings. The molecule has 0 bridgehead atoms. The number of nitrogens with zero attached hydrogens (tertiary/aromatic N) is 2. The maximum absolute atomic E-state index is 13.5.